The van der Waals surface area contributed by atoms with Gasteiger partial charge in [-0.05, 0) is 43.3 Å². The molecule has 0 bridgehead atoms. The third-order valence-electron chi connectivity index (χ3n) is 3.32. The molecule has 0 spiro atoms. The number of aromatic nitrogens is 1. The number of hydrogen-bond acceptors (Lipinski definition) is 4. The van der Waals surface area contributed by atoms with E-state index in [0.717, 1.165) is 37.2 Å². The van der Waals surface area contributed by atoms with Crippen LogP contribution in [0.3, 0.4) is 0 Å². The lowest BCUT2D eigenvalue weighted by Crippen LogP contribution is -1.96. The van der Waals surface area contributed by atoms with Gasteiger partial charge in [0.1, 0.15) is 5.75 Å². The van der Waals surface area contributed by atoms with Gasteiger partial charge in [0.15, 0.2) is 0 Å². The Morgan fingerprint density at radius 3 is 2.55 bits per heavy atom. The largest absolute Gasteiger partial charge is 0.495 e. The lowest BCUT2D eigenvalue weighted by atomic mass is 10.1. The number of fused-ring (bicyclic) bond motifs is 1. The van der Waals surface area contributed by atoms with Crippen LogP contribution in [0.1, 0.15) is 5.69 Å². The number of anilines is 1. The standard InChI is InChI=1S/C17H15ClN2OS/c1-10-3-8-13-16(20-10)14(19)9-15(21-2)17(13)22-12-6-4-11(18)5-7-12/h3-9H,19H2,1-2H3. The molecule has 5 heteroatoms. The van der Waals surface area contributed by atoms with Gasteiger partial charge in [-0.2, -0.15) is 0 Å². The van der Waals surface area contributed by atoms with Crippen molar-refractivity contribution in [2.45, 2.75) is 16.7 Å². The van der Waals surface area contributed by atoms with Gasteiger partial charge in [0.25, 0.3) is 0 Å². The van der Waals surface area contributed by atoms with E-state index in [9.17, 15) is 0 Å². The molecule has 112 valence electrons. The quantitative estimate of drug-likeness (QED) is 0.691. The van der Waals surface area contributed by atoms with Gasteiger partial charge in [-0.3, -0.25) is 4.98 Å². The average Bonchev–Trinajstić information content (AvgIpc) is 2.52. The summed E-state index contributed by atoms with van der Waals surface area (Å²) in [6.07, 6.45) is 0. The van der Waals surface area contributed by atoms with Crippen LogP contribution in [-0.4, -0.2) is 12.1 Å². The Morgan fingerprint density at radius 2 is 1.86 bits per heavy atom. The number of ether oxygens (including phenoxy) is 1. The fourth-order valence-electron chi connectivity index (χ4n) is 2.25. The Balaban J connectivity index is 2.18. The van der Waals surface area contributed by atoms with E-state index in [2.05, 4.69) is 4.98 Å². The minimum Gasteiger partial charge on any atom is -0.495 e. The molecule has 0 aliphatic heterocycles. The van der Waals surface area contributed by atoms with Crippen LogP contribution in [0.5, 0.6) is 5.75 Å². The van der Waals surface area contributed by atoms with Crippen molar-refractivity contribution in [1.82, 2.24) is 4.98 Å². The van der Waals surface area contributed by atoms with Gasteiger partial charge in [-0.15, -0.1) is 0 Å². The second-order valence-corrected chi connectivity index (χ2v) is 6.42. The molecule has 0 aliphatic carbocycles. The number of rotatable bonds is 3. The number of benzene rings is 2. The second-order valence-electron chi connectivity index (χ2n) is 4.90. The summed E-state index contributed by atoms with van der Waals surface area (Å²) < 4.78 is 5.51. The predicted molar refractivity (Wildman–Crippen MR) is 93.0 cm³/mol. The van der Waals surface area contributed by atoms with E-state index in [1.165, 1.54) is 0 Å². The third-order valence-corrected chi connectivity index (χ3v) is 4.70. The van der Waals surface area contributed by atoms with Gasteiger partial charge in [0.05, 0.1) is 23.2 Å². The summed E-state index contributed by atoms with van der Waals surface area (Å²) in [7, 11) is 1.65. The summed E-state index contributed by atoms with van der Waals surface area (Å²) in [5.41, 5.74) is 8.48. The van der Waals surface area contributed by atoms with Crippen molar-refractivity contribution in [2.24, 2.45) is 0 Å². The fourth-order valence-corrected chi connectivity index (χ4v) is 3.40. The van der Waals surface area contributed by atoms with Crippen LogP contribution < -0.4 is 10.5 Å². The van der Waals surface area contributed by atoms with Gasteiger partial charge >= 0.3 is 0 Å². The molecular weight excluding hydrogens is 316 g/mol. The molecule has 22 heavy (non-hydrogen) atoms. The summed E-state index contributed by atoms with van der Waals surface area (Å²) in [5.74, 6) is 0.746. The molecule has 3 nitrogen and oxygen atoms in total. The SMILES string of the molecule is COc1cc(N)c2nc(C)ccc2c1Sc1ccc(Cl)cc1. The molecule has 0 aliphatic rings. The van der Waals surface area contributed by atoms with Crippen molar-refractivity contribution in [3.05, 3.63) is 53.2 Å². The second kappa shape index (κ2) is 6.07. The van der Waals surface area contributed by atoms with Crippen molar-refractivity contribution in [3.8, 4) is 5.75 Å². The highest BCUT2D eigenvalue weighted by Gasteiger charge is 2.14. The lowest BCUT2D eigenvalue weighted by Gasteiger charge is -2.13. The Hall–Kier alpha value is -1.91. The highest BCUT2D eigenvalue weighted by molar-refractivity contribution is 7.99. The minimum atomic E-state index is 0.621. The highest BCUT2D eigenvalue weighted by Crippen LogP contribution is 2.42. The Labute approximate surface area is 138 Å². The van der Waals surface area contributed by atoms with Gasteiger partial charge in [0, 0.05) is 27.1 Å². The molecule has 0 atom stereocenters. The van der Waals surface area contributed by atoms with Gasteiger partial charge in [-0.1, -0.05) is 23.4 Å². The molecule has 3 rings (SSSR count). The van der Waals surface area contributed by atoms with E-state index in [0.29, 0.717) is 5.69 Å². The van der Waals surface area contributed by atoms with Crippen molar-refractivity contribution in [3.63, 3.8) is 0 Å². The van der Waals surface area contributed by atoms with Crippen LogP contribution in [0.4, 0.5) is 5.69 Å². The van der Waals surface area contributed by atoms with E-state index < -0.39 is 0 Å². The summed E-state index contributed by atoms with van der Waals surface area (Å²) in [5, 5.41) is 1.71. The first-order valence-electron chi connectivity index (χ1n) is 6.75. The molecule has 2 N–H and O–H groups in total. The number of methoxy groups -OCH3 is 1. The normalized spacial score (nSPS) is 10.9. The van der Waals surface area contributed by atoms with Crippen LogP contribution in [0.15, 0.2) is 52.3 Å². The van der Waals surface area contributed by atoms with E-state index >= 15 is 0 Å². The minimum absolute atomic E-state index is 0.621. The molecular formula is C17H15ClN2OS. The average molecular weight is 331 g/mol. The van der Waals surface area contributed by atoms with Gasteiger partial charge in [0.2, 0.25) is 0 Å². The molecule has 0 saturated heterocycles. The van der Waals surface area contributed by atoms with Crippen molar-refractivity contribution < 1.29 is 4.74 Å². The first-order valence-corrected chi connectivity index (χ1v) is 7.95. The van der Waals surface area contributed by atoms with Crippen molar-refractivity contribution in [1.29, 1.82) is 0 Å². The van der Waals surface area contributed by atoms with Crippen molar-refractivity contribution >= 4 is 40.0 Å². The fraction of sp³-hybridized carbons (Fsp3) is 0.118. The first kappa shape index (κ1) is 15.0. The Morgan fingerprint density at radius 1 is 1.14 bits per heavy atom. The molecule has 0 fully saturated rings. The van der Waals surface area contributed by atoms with Crippen molar-refractivity contribution in [2.75, 3.05) is 12.8 Å². The predicted octanol–water partition coefficient (Wildman–Crippen LogP) is 4.94. The maximum atomic E-state index is 6.11. The number of hydrogen-bond donors (Lipinski definition) is 1. The van der Waals surface area contributed by atoms with E-state index in [1.54, 1.807) is 18.9 Å². The van der Waals surface area contributed by atoms with E-state index in [4.69, 9.17) is 22.1 Å². The zero-order valence-electron chi connectivity index (χ0n) is 12.3. The topological polar surface area (TPSA) is 48.1 Å². The number of nitrogens with zero attached hydrogens (tertiary/aromatic N) is 1. The maximum Gasteiger partial charge on any atom is 0.135 e. The third kappa shape index (κ3) is 2.85. The summed E-state index contributed by atoms with van der Waals surface area (Å²) in [6, 6.07) is 13.6. The Bertz CT molecular complexity index is 834. The molecule has 0 saturated carbocycles. The summed E-state index contributed by atoms with van der Waals surface area (Å²) in [6.45, 7) is 1.95. The molecule has 0 amide bonds. The van der Waals surface area contributed by atoms with Crippen LogP contribution in [-0.2, 0) is 0 Å². The number of nitrogens with two attached hydrogens (primary N) is 1. The zero-order valence-corrected chi connectivity index (χ0v) is 13.8. The molecule has 3 aromatic rings. The molecule has 2 aromatic carbocycles. The van der Waals surface area contributed by atoms with Crippen LogP contribution in [0.2, 0.25) is 5.02 Å². The number of halogens is 1. The smallest absolute Gasteiger partial charge is 0.135 e. The maximum absolute atomic E-state index is 6.11. The van der Waals surface area contributed by atoms with Crippen LogP contribution in [0, 0.1) is 6.92 Å². The van der Waals surface area contributed by atoms with Crippen LogP contribution in [0.25, 0.3) is 10.9 Å². The Kier molecular flexibility index (Phi) is 4.14. The molecule has 0 radical (unpaired) electrons. The molecule has 1 aromatic heterocycles. The zero-order chi connectivity index (χ0) is 15.7. The number of pyridine rings is 1. The molecule has 1 heterocycles. The number of nitrogen functional groups attached to an aromatic ring is 1. The van der Waals surface area contributed by atoms with E-state index in [1.807, 2.05) is 49.4 Å². The summed E-state index contributed by atoms with van der Waals surface area (Å²) in [4.78, 5) is 6.63. The highest BCUT2D eigenvalue weighted by atomic mass is 35.5. The van der Waals surface area contributed by atoms with E-state index in [-0.39, 0.29) is 0 Å². The van der Waals surface area contributed by atoms with Crippen LogP contribution >= 0.6 is 23.4 Å². The monoisotopic (exact) mass is 330 g/mol. The number of aryl methyl sites for hydroxylation is 1. The van der Waals surface area contributed by atoms with Gasteiger partial charge in [-0.25, -0.2) is 0 Å². The molecule has 0 unspecified atom stereocenters. The van der Waals surface area contributed by atoms with Gasteiger partial charge < -0.3 is 10.5 Å². The first-order chi connectivity index (χ1) is 10.6. The lowest BCUT2D eigenvalue weighted by molar-refractivity contribution is 0.406. The summed E-state index contributed by atoms with van der Waals surface area (Å²) >= 11 is 7.56.